The normalized spacial score (nSPS) is 18.5. The molecule has 7 heteroatoms. The van der Waals surface area contributed by atoms with Crippen molar-refractivity contribution in [3.63, 3.8) is 0 Å². The van der Waals surface area contributed by atoms with E-state index in [4.69, 9.17) is 4.74 Å². The summed E-state index contributed by atoms with van der Waals surface area (Å²) in [4.78, 5) is 7.88. The minimum absolute atomic E-state index is 0.335. The maximum Gasteiger partial charge on any atom is 0.149 e. The number of nitrogens with zero attached hydrogens (tertiary/aromatic N) is 1. The van der Waals surface area contributed by atoms with E-state index in [9.17, 15) is 8.78 Å². The highest BCUT2D eigenvalue weighted by atomic mass is 19.1. The van der Waals surface area contributed by atoms with E-state index in [2.05, 4.69) is 26.7 Å². The van der Waals surface area contributed by atoms with Gasteiger partial charge in [0.1, 0.15) is 17.3 Å². The molecule has 5 nitrogen and oxygen atoms in total. The van der Waals surface area contributed by atoms with Gasteiger partial charge in [0, 0.05) is 54.6 Å². The van der Waals surface area contributed by atoms with E-state index in [-0.39, 0.29) is 0 Å². The van der Waals surface area contributed by atoms with Gasteiger partial charge in [0.05, 0.1) is 5.69 Å². The van der Waals surface area contributed by atoms with Gasteiger partial charge in [0.2, 0.25) is 0 Å². The van der Waals surface area contributed by atoms with Crippen LogP contribution in [0.25, 0.3) is 22.2 Å². The fourth-order valence-corrected chi connectivity index (χ4v) is 4.73. The molecule has 4 heterocycles. The number of halogens is 2. The van der Waals surface area contributed by atoms with Gasteiger partial charge in [0.15, 0.2) is 0 Å². The number of H-pyrrole nitrogens is 1. The van der Waals surface area contributed by atoms with E-state index in [0.717, 1.165) is 80.3 Å². The number of hydrogen-bond acceptors (Lipinski definition) is 4. The lowest BCUT2D eigenvalue weighted by Crippen LogP contribution is -2.26. The molecule has 164 valence electrons. The van der Waals surface area contributed by atoms with Gasteiger partial charge in [-0.3, -0.25) is 0 Å². The number of benzene rings is 1. The molecule has 2 aliphatic rings. The molecule has 2 fully saturated rings. The van der Waals surface area contributed by atoms with Crippen LogP contribution in [-0.2, 0) is 4.74 Å². The first-order valence-electron chi connectivity index (χ1n) is 11.2. The van der Waals surface area contributed by atoms with Crippen molar-refractivity contribution in [2.45, 2.75) is 31.6 Å². The zero-order valence-corrected chi connectivity index (χ0v) is 17.5. The lowest BCUT2D eigenvalue weighted by atomic mass is 9.94. The van der Waals surface area contributed by atoms with E-state index in [1.807, 2.05) is 0 Å². The van der Waals surface area contributed by atoms with Crippen molar-refractivity contribution in [3.8, 4) is 11.1 Å². The minimum atomic E-state index is -0.567. The van der Waals surface area contributed by atoms with Crippen LogP contribution in [0.5, 0.6) is 0 Å². The maximum atomic E-state index is 14.9. The second kappa shape index (κ2) is 8.93. The van der Waals surface area contributed by atoms with Gasteiger partial charge in [-0.15, -0.1) is 0 Å². The van der Waals surface area contributed by atoms with Crippen molar-refractivity contribution in [1.29, 1.82) is 0 Å². The Kier molecular flexibility index (Phi) is 5.87. The van der Waals surface area contributed by atoms with E-state index >= 15 is 0 Å². The summed E-state index contributed by atoms with van der Waals surface area (Å²) in [5.74, 6) is -0.251. The predicted octanol–water partition coefficient (Wildman–Crippen LogP) is 4.81. The highest BCUT2D eigenvalue weighted by Crippen LogP contribution is 2.35. The summed E-state index contributed by atoms with van der Waals surface area (Å²) < 4.78 is 34.8. The molecule has 0 atom stereocenters. The van der Waals surface area contributed by atoms with Gasteiger partial charge in [-0.1, -0.05) is 0 Å². The molecule has 3 N–H and O–H groups in total. The summed E-state index contributed by atoms with van der Waals surface area (Å²) in [6, 6.07) is 6.47. The van der Waals surface area contributed by atoms with E-state index in [1.165, 1.54) is 0 Å². The third-order valence-corrected chi connectivity index (χ3v) is 6.60. The Bertz CT molecular complexity index is 1060. The van der Waals surface area contributed by atoms with E-state index < -0.39 is 11.6 Å². The van der Waals surface area contributed by atoms with E-state index in [0.29, 0.717) is 29.6 Å². The molecule has 0 unspecified atom stereocenters. The number of nitrogens with one attached hydrogen (secondary N) is 3. The third kappa shape index (κ3) is 4.29. The molecule has 2 aromatic heterocycles. The van der Waals surface area contributed by atoms with Gasteiger partial charge in [-0.05, 0) is 68.5 Å². The Morgan fingerprint density at radius 2 is 1.81 bits per heavy atom. The predicted molar refractivity (Wildman–Crippen MR) is 118 cm³/mol. The van der Waals surface area contributed by atoms with Crippen LogP contribution in [0.4, 0.5) is 14.5 Å². The summed E-state index contributed by atoms with van der Waals surface area (Å²) in [6.07, 6.45) is 5.71. The number of fused-ring (bicyclic) bond motifs is 1. The molecule has 5 rings (SSSR count). The Labute approximate surface area is 180 Å². The molecule has 0 bridgehead atoms. The Balaban J connectivity index is 1.46. The Morgan fingerprint density at radius 1 is 1.00 bits per heavy atom. The minimum Gasteiger partial charge on any atom is -0.382 e. The van der Waals surface area contributed by atoms with Crippen LogP contribution >= 0.6 is 0 Å². The maximum absolute atomic E-state index is 14.9. The van der Waals surface area contributed by atoms with Crippen molar-refractivity contribution in [2.24, 2.45) is 5.92 Å². The number of rotatable bonds is 5. The zero-order chi connectivity index (χ0) is 21.2. The van der Waals surface area contributed by atoms with Crippen LogP contribution in [0.3, 0.4) is 0 Å². The summed E-state index contributed by atoms with van der Waals surface area (Å²) in [5, 5.41) is 7.45. The van der Waals surface area contributed by atoms with Crippen LogP contribution in [0.15, 0.2) is 30.5 Å². The monoisotopic (exact) mass is 426 g/mol. The summed E-state index contributed by atoms with van der Waals surface area (Å²) >= 11 is 0. The molecule has 31 heavy (non-hydrogen) atoms. The number of pyridine rings is 1. The van der Waals surface area contributed by atoms with Crippen LogP contribution in [-0.4, -0.2) is 42.8 Å². The molecule has 0 radical (unpaired) electrons. The number of aromatic nitrogens is 2. The molecule has 0 aliphatic carbocycles. The quantitative estimate of drug-likeness (QED) is 0.548. The zero-order valence-electron chi connectivity index (χ0n) is 17.5. The molecule has 0 saturated carbocycles. The summed E-state index contributed by atoms with van der Waals surface area (Å²) in [6.45, 7) is 4.13. The van der Waals surface area contributed by atoms with E-state index in [1.54, 1.807) is 18.3 Å². The molecular weight excluding hydrogens is 398 g/mol. The van der Waals surface area contributed by atoms with Crippen molar-refractivity contribution in [2.75, 3.05) is 38.2 Å². The standard InChI is InChI=1S/C24H28F2N4O/c25-20-13-21(26)23(29-14-15-4-9-31-10-5-15)11-18(20)17-3-8-28-24-19(17)12-22(30-24)16-1-6-27-7-2-16/h3,8,11-13,15-16,27,29H,1-2,4-7,9-10,14H2,(H,28,30). The first-order valence-corrected chi connectivity index (χ1v) is 11.2. The fraction of sp³-hybridized carbons (Fsp3) is 0.458. The molecular formula is C24H28F2N4O. The van der Waals surface area contributed by atoms with Gasteiger partial charge in [-0.25, -0.2) is 13.8 Å². The van der Waals surface area contributed by atoms with Gasteiger partial charge >= 0.3 is 0 Å². The average molecular weight is 427 g/mol. The highest BCUT2D eigenvalue weighted by molar-refractivity contribution is 5.94. The van der Waals surface area contributed by atoms with Crippen LogP contribution in [0, 0.1) is 17.6 Å². The van der Waals surface area contributed by atoms with Crippen molar-refractivity contribution in [3.05, 3.63) is 47.8 Å². The SMILES string of the molecule is Fc1cc(F)c(-c2ccnc3[nH]c(C4CCNCC4)cc23)cc1NCC1CCOCC1. The number of ether oxygens (including phenoxy) is 1. The smallest absolute Gasteiger partial charge is 0.149 e. The molecule has 1 aromatic carbocycles. The first-order chi connectivity index (χ1) is 15.2. The number of hydrogen-bond donors (Lipinski definition) is 3. The molecule has 3 aromatic rings. The van der Waals surface area contributed by atoms with Gasteiger partial charge in [0.25, 0.3) is 0 Å². The average Bonchev–Trinajstić information content (AvgIpc) is 3.25. The number of piperidine rings is 1. The van der Waals surface area contributed by atoms with Crippen LogP contribution < -0.4 is 10.6 Å². The number of aromatic amines is 1. The van der Waals surface area contributed by atoms with Crippen molar-refractivity contribution in [1.82, 2.24) is 15.3 Å². The largest absolute Gasteiger partial charge is 0.382 e. The van der Waals surface area contributed by atoms with Crippen LogP contribution in [0.2, 0.25) is 0 Å². The number of anilines is 1. The highest BCUT2D eigenvalue weighted by Gasteiger charge is 2.21. The molecule has 0 amide bonds. The topological polar surface area (TPSA) is 62.0 Å². The molecule has 2 saturated heterocycles. The summed E-state index contributed by atoms with van der Waals surface area (Å²) in [5.41, 5.74) is 3.33. The lowest BCUT2D eigenvalue weighted by Gasteiger charge is -2.23. The second-order valence-electron chi connectivity index (χ2n) is 8.62. The lowest BCUT2D eigenvalue weighted by molar-refractivity contribution is 0.0699. The molecule has 2 aliphatic heterocycles. The fourth-order valence-electron chi connectivity index (χ4n) is 4.73. The van der Waals surface area contributed by atoms with Gasteiger partial charge in [-0.2, -0.15) is 0 Å². The van der Waals surface area contributed by atoms with Crippen molar-refractivity contribution < 1.29 is 13.5 Å². The Morgan fingerprint density at radius 3 is 2.61 bits per heavy atom. The third-order valence-electron chi connectivity index (χ3n) is 6.60. The summed E-state index contributed by atoms with van der Waals surface area (Å²) in [7, 11) is 0. The Hall–Kier alpha value is -2.51. The second-order valence-corrected chi connectivity index (χ2v) is 8.62. The first kappa shape index (κ1) is 20.4. The van der Waals surface area contributed by atoms with Crippen molar-refractivity contribution >= 4 is 16.7 Å². The molecule has 0 spiro atoms. The van der Waals surface area contributed by atoms with Crippen LogP contribution in [0.1, 0.15) is 37.3 Å². The van der Waals surface area contributed by atoms with Gasteiger partial charge < -0.3 is 20.4 Å².